The quantitative estimate of drug-likeness (QED) is 0.425. The molecule has 1 heterocycles. The van der Waals surface area contributed by atoms with Gasteiger partial charge in [-0.3, -0.25) is 19.3 Å². The third-order valence-corrected chi connectivity index (χ3v) is 4.41. The van der Waals surface area contributed by atoms with E-state index < -0.39 is 30.3 Å². The Morgan fingerprint density at radius 3 is 2.57 bits per heavy atom. The zero-order valence-electron chi connectivity index (χ0n) is 13.5. The summed E-state index contributed by atoms with van der Waals surface area (Å²) in [5, 5.41) is 2.53. The topological polar surface area (TPSA) is 96.0 Å². The Morgan fingerprint density at radius 1 is 1.22 bits per heavy atom. The highest BCUT2D eigenvalue weighted by Crippen LogP contribution is 2.31. The number of hydrogen-bond donors (Lipinski definition) is 1. The maximum atomic E-state index is 12.4. The molecule has 0 bridgehead atoms. The summed E-state index contributed by atoms with van der Waals surface area (Å²) in [5.41, 5.74) is 0. The van der Waals surface area contributed by atoms with Gasteiger partial charge >= 0.3 is 17.8 Å². The summed E-state index contributed by atoms with van der Waals surface area (Å²) >= 11 is 0. The Balaban J connectivity index is 2.02. The molecule has 0 aromatic rings. The minimum atomic E-state index is -0.922. The number of nitrogens with zero attached hydrogens (tertiary/aromatic N) is 2. The van der Waals surface area contributed by atoms with Gasteiger partial charge in [-0.25, -0.2) is 9.69 Å². The summed E-state index contributed by atoms with van der Waals surface area (Å²) in [6.07, 6.45) is 3.62. The number of nitrogens with one attached hydrogen (secondary N) is 1. The molecule has 1 saturated carbocycles. The normalized spacial score (nSPS) is 25.2. The Hall–Kier alpha value is -1.96. The van der Waals surface area contributed by atoms with Gasteiger partial charge in [0.2, 0.25) is 5.91 Å². The second kappa shape index (κ2) is 7.54. The molecule has 5 amide bonds. The van der Waals surface area contributed by atoms with Crippen molar-refractivity contribution in [2.45, 2.75) is 38.6 Å². The van der Waals surface area contributed by atoms with Crippen molar-refractivity contribution in [2.75, 3.05) is 26.8 Å². The molecule has 8 heteroatoms. The highest BCUT2D eigenvalue weighted by molar-refractivity contribution is 6.45. The molecule has 2 fully saturated rings. The summed E-state index contributed by atoms with van der Waals surface area (Å²) in [6.45, 7) is 2.15. The average Bonchev–Trinajstić information content (AvgIpc) is 2.72. The predicted molar refractivity (Wildman–Crippen MR) is 80.3 cm³/mol. The van der Waals surface area contributed by atoms with Crippen molar-refractivity contribution in [3.05, 3.63) is 0 Å². The van der Waals surface area contributed by atoms with Crippen molar-refractivity contribution in [2.24, 2.45) is 5.92 Å². The number of rotatable bonds is 6. The first kappa shape index (κ1) is 17.4. The maximum absolute atomic E-state index is 12.4. The minimum absolute atomic E-state index is 0.167. The van der Waals surface area contributed by atoms with Gasteiger partial charge in [0.05, 0.1) is 6.61 Å². The van der Waals surface area contributed by atoms with Gasteiger partial charge in [-0.15, -0.1) is 0 Å². The first-order chi connectivity index (χ1) is 11.0. The zero-order chi connectivity index (χ0) is 17.0. The minimum Gasteiger partial charge on any atom is -0.383 e. The molecule has 2 aliphatic rings. The van der Waals surface area contributed by atoms with Crippen molar-refractivity contribution in [3.63, 3.8) is 0 Å². The Morgan fingerprint density at radius 2 is 1.91 bits per heavy atom. The summed E-state index contributed by atoms with van der Waals surface area (Å²) in [7, 11) is 1.50. The summed E-state index contributed by atoms with van der Waals surface area (Å²) < 4.78 is 4.81. The van der Waals surface area contributed by atoms with Crippen LogP contribution in [0.1, 0.15) is 32.6 Å². The number of carbonyl (C=O) groups is 4. The van der Waals surface area contributed by atoms with E-state index in [1.807, 2.05) is 6.92 Å². The van der Waals surface area contributed by atoms with Crippen molar-refractivity contribution < 1.29 is 23.9 Å². The van der Waals surface area contributed by atoms with Crippen LogP contribution >= 0.6 is 0 Å². The molecule has 0 spiro atoms. The van der Waals surface area contributed by atoms with Crippen LogP contribution in [-0.4, -0.2) is 66.4 Å². The van der Waals surface area contributed by atoms with Crippen LogP contribution < -0.4 is 5.32 Å². The summed E-state index contributed by atoms with van der Waals surface area (Å²) in [6, 6.07) is -0.935. The van der Waals surface area contributed by atoms with Gasteiger partial charge in [-0.1, -0.05) is 19.8 Å². The SMILES string of the molecule is COCCNC(=O)CN1C(=O)C(=O)N([C@@H]2CCCC[C@@H]2C)C1=O. The van der Waals surface area contributed by atoms with Crippen LogP contribution in [0, 0.1) is 5.92 Å². The fraction of sp³-hybridized carbons (Fsp3) is 0.733. The molecule has 1 saturated heterocycles. The van der Waals surface area contributed by atoms with E-state index in [0.29, 0.717) is 13.0 Å². The van der Waals surface area contributed by atoms with Crippen molar-refractivity contribution in [1.82, 2.24) is 15.1 Å². The van der Waals surface area contributed by atoms with Gasteiger partial charge in [0.25, 0.3) is 0 Å². The van der Waals surface area contributed by atoms with Crippen molar-refractivity contribution >= 4 is 23.8 Å². The number of urea groups is 1. The predicted octanol–water partition coefficient (Wildman–Crippen LogP) is 0.119. The largest absolute Gasteiger partial charge is 0.383 e. The molecule has 0 aromatic carbocycles. The van der Waals surface area contributed by atoms with Crippen molar-refractivity contribution in [1.29, 1.82) is 0 Å². The van der Waals surface area contributed by atoms with Gasteiger partial charge in [0.1, 0.15) is 6.54 Å². The molecule has 128 valence electrons. The number of imide groups is 2. The molecule has 23 heavy (non-hydrogen) atoms. The Kier molecular flexibility index (Phi) is 5.70. The van der Waals surface area contributed by atoms with E-state index in [4.69, 9.17) is 4.74 Å². The van der Waals surface area contributed by atoms with Crippen LogP contribution in [-0.2, 0) is 19.1 Å². The number of ether oxygens (including phenoxy) is 1. The van der Waals surface area contributed by atoms with Crippen LogP contribution in [0.25, 0.3) is 0 Å². The average molecular weight is 325 g/mol. The first-order valence-electron chi connectivity index (χ1n) is 7.92. The molecule has 0 radical (unpaired) electrons. The number of carbonyl (C=O) groups excluding carboxylic acids is 4. The fourth-order valence-corrected chi connectivity index (χ4v) is 3.13. The molecule has 1 N–H and O–H groups in total. The molecule has 1 aliphatic heterocycles. The standard InChI is InChI=1S/C15H23N3O5/c1-10-5-3-4-6-11(10)18-14(21)13(20)17(15(18)22)9-12(19)16-7-8-23-2/h10-11H,3-9H2,1-2H3,(H,16,19)/t10-,11+/m0/s1. The molecular formula is C15H23N3O5. The van der Waals surface area contributed by atoms with E-state index in [0.717, 1.165) is 29.1 Å². The molecule has 1 aliphatic carbocycles. The third kappa shape index (κ3) is 3.69. The lowest BCUT2D eigenvalue weighted by atomic mass is 9.85. The van der Waals surface area contributed by atoms with E-state index in [-0.39, 0.29) is 18.5 Å². The molecule has 0 aromatic heterocycles. The van der Waals surface area contributed by atoms with E-state index in [9.17, 15) is 19.2 Å². The zero-order valence-corrected chi connectivity index (χ0v) is 13.5. The maximum Gasteiger partial charge on any atom is 0.334 e. The lowest BCUT2D eigenvalue weighted by molar-refractivity contribution is -0.145. The van der Waals surface area contributed by atoms with Crippen LogP contribution in [0.3, 0.4) is 0 Å². The van der Waals surface area contributed by atoms with E-state index in [1.54, 1.807) is 0 Å². The van der Waals surface area contributed by atoms with Crippen LogP contribution in [0.2, 0.25) is 0 Å². The van der Waals surface area contributed by atoms with Gasteiger partial charge < -0.3 is 10.1 Å². The second-order valence-corrected chi connectivity index (χ2v) is 6.02. The number of hydrogen-bond acceptors (Lipinski definition) is 5. The van der Waals surface area contributed by atoms with Crippen LogP contribution in [0.15, 0.2) is 0 Å². The number of amides is 5. The molecule has 2 rings (SSSR count). The second-order valence-electron chi connectivity index (χ2n) is 6.02. The Bertz CT molecular complexity index is 507. The summed E-state index contributed by atoms with van der Waals surface area (Å²) in [5.74, 6) is -2.07. The lowest BCUT2D eigenvalue weighted by Crippen LogP contribution is -2.47. The van der Waals surface area contributed by atoms with Crippen molar-refractivity contribution in [3.8, 4) is 0 Å². The van der Waals surface area contributed by atoms with Gasteiger partial charge in [-0.05, 0) is 18.8 Å². The smallest absolute Gasteiger partial charge is 0.334 e. The highest BCUT2D eigenvalue weighted by Gasteiger charge is 2.49. The van der Waals surface area contributed by atoms with E-state index >= 15 is 0 Å². The fourth-order valence-electron chi connectivity index (χ4n) is 3.13. The van der Waals surface area contributed by atoms with E-state index in [2.05, 4.69) is 5.32 Å². The first-order valence-corrected chi connectivity index (χ1v) is 7.92. The molecule has 2 atom stereocenters. The van der Waals surface area contributed by atoms with Crippen LogP contribution in [0.4, 0.5) is 4.79 Å². The Labute approximate surface area is 135 Å². The van der Waals surface area contributed by atoms with Crippen LogP contribution in [0.5, 0.6) is 0 Å². The monoisotopic (exact) mass is 325 g/mol. The van der Waals surface area contributed by atoms with E-state index in [1.165, 1.54) is 7.11 Å². The third-order valence-electron chi connectivity index (χ3n) is 4.41. The lowest BCUT2D eigenvalue weighted by Gasteiger charge is -2.34. The van der Waals surface area contributed by atoms with Gasteiger partial charge in [0.15, 0.2) is 0 Å². The van der Waals surface area contributed by atoms with Gasteiger partial charge in [0, 0.05) is 19.7 Å². The highest BCUT2D eigenvalue weighted by atomic mass is 16.5. The molecular weight excluding hydrogens is 302 g/mol. The van der Waals surface area contributed by atoms with Gasteiger partial charge in [-0.2, -0.15) is 0 Å². The number of methoxy groups -OCH3 is 1. The molecule has 8 nitrogen and oxygen atoms in total. The summed E-state index contributed by atoms with van der Waals surface area (Å²) in [4.78, 5) is 50.2. The molecule has 0 unspecified atom stereocenters.